The van der Waals surface area contributed by atoms with Crippen LogP contribution in [0.2, 0.25) is 0 Å². The highest BCUT2D eigenvalue weighted by Crippen LogP contribution is 2.44. The molecule has 0 heteroatoms. The molecular weight excluding hydrogens is 480 g/mol. The predicted molar refractivity (Wildman–Crippen MR) is 173 cm³/mol. The Morgan fingerprint density at radius 1 is 0.350 bits per heavy atom. The Morgan fingerprint density at radius 2 is 0.900 bits per heavy atom. The normalized spacial score (nSPS) is 15.3. The van der Waals surface area contributed by atoms with Gasteiger partial charge in [0, 0.05) is 0 Å². The van der Waals surface area contributed by atoms with E-state index in [0.29, 0.717) is 16.3 Å². The van der Waals surface area contributed by atoms with Gasteiger partial charge in [-0.1, -0.05) is 151 Å². The fourth-order valence-corrected chi connectivity index (χ4v) is 5.62. The van der Waals surface area contributed by atoms with Crippen LogP contribution in [0.5, 0.6) is 0 Å². The first-order valence-corrected chi connectivity index (χ1v) is 13.0. The van der Waals surface area contributed by atoms with Crippen molar-refractivity contribution in [2.75, 3.05) is 0 Å². The molecule has 0 amide bonds. The SMILES string of the molecule is [2H]c1c([2H])c(-c2c([2H])c([2H])c([2H])c3c([2H])c([2H])c([2H])c([2H])c23)c([2H])c([2H])c1-c1c2ccccc2c(-c2ccc3ccccc3c2)c2ccccc12. The fourth-order valence-electron chi connectivity index (χ4n) is 5.62. The van der Waals surface area contributed by atoms with Crippen molar-refractivity contribution in [1.29, 1.82) is 0 Å². The molecule has 0 saturated heterocycles. The summed E-state index contributed by atoms with van der Waals surface area (Å²) in [6, 6.07) is 23.5. The first-order chi connectivity index (χ1) is 24.4. The van der Waals surface area contributed by atoms with E-state index in [1.165, 1.54) is 0 Å². The van der Waals surface area contributed by atoms with Gasteiger partial charge in [-0.2, -0.15) is 0 Å². The molecule has 0 bridgehead atoms. The van der Waals surface area contributed by atoms with Crippen molar-refractivity contribution in [2.45, 2.75) is 0 Å². The van der Waals surface area contributed by atoms with Crippen LogP contribution in [0.4, 0.5) is 0 Å². The second kappa shape index (κ2) is 9.22. The molecule has 0 fully saturated rings. The van der Waals surface area contributed by atoms with E-state index < -0.39 is 66.5 Å². The maximum atomic E-state index is 9.38. The minimum atomic E-state index is -0.648. The molecule has 0 aliphatic carbocycles. The van der Waals surface area contributed by atoms with E-state index in [0.717, 1.165) is 32.7 Å². The monoisotopic (exact) mass is 517 g/mol. The minimum absolute atomic E-state index is 0.0344. The van der Waals surface area contributed by atoms with Crippen LogP contribution in [-0.4, -0.2) is 0 Å². The standard InChI is InChI=1S/C40H26/c1-2-12-31-26-32(25-20-27(31)10-1)40-37-17-7-5-15-35(37)39(36-16-6-8-18-38(36)40)30-23-21-29(22-24-30)34-19-9-13-28-11-3-4-14-33(28)34/h1-26H/i3D,4D,9D,11D,13D,14D,19D,21D,22D,23D,24D. The Balaban J connectivity index is 1.49. The molecule has 0 N–H and O–H groups in total. The van der Waals surface area contributed by atoms with Crippen molar-refractivity contribution in [3.63, 3.8) is 0 Å². The summed E-state index contributed by atoms with van der Waals surface area (Å²) in [5.41, 5.74) is 1.75. The van der Waals surface area contributed by atoms with Crippen molar-refractivity contribution < 1.29 is 15.1 Å². The second-order valence-electron chi connectivity index (χ2n) is 9.65. The van der Waals surface area contributed by atoms with Gasteiger partial charge in [-0.25, -0.2) is 0 Å². The molecule has 8 aromatic rings. The van der Waals surface area contributed by atoms with Gasteiger partial charge in [0.1, 0.15) is 0 Å². The molecule has 0 aliphatic rings. The summed E-state index contributed by atoms with van der Waals surface area (Å²) in [5.74, 6) is 0. The third-order valence-corrected chi connectivity index (χ3v) is 7.41. The Kier molecular flexibility index (Phi) is 3.29. The highest BCUT2D eigenvalue weighted by molar-refractivity contribution is 6.21. The van der Waals surface area contributed by atoms with Gasteiger partial charge < -0.3 is 0 Å². The summed E-state index contributed by atoms with van der Waals surface area (Å²) in [5, 5.41) is 4.68. The Hall–Kier alpha value is -5.20. The molecule has 0 heterocycles. The summed E-state index contributed by atoms with van der Waals surface area (Å²) >= 11 is 0. The predicted octanol–water partition coefficient (Wildman–Crippen LogP) is 11.3. The van der Waals surface area contributed by atoms with E-state index in [-0.39, 0.29) is 27.5 Å². The van der Waals surface area contributed by atoms with Gasteiger partial charge in [-0.15, -0.1) is 0 Å². The molecule has 40 heavy (non-hydrogen) atoms. The molecule has 0 radical (unpaired) electrons. The van der Waals surface area contributed by atoms with Crippen LogP contribution in [0, 0.1) is 0 Å². The lowest BCUT2D eigenvalue weighted by molar-refractivity contribution is 1.63. The summed E-state index contributed by atoms with van der Waals surface area (Å²) in [7, 11) is 0. The van der Waals surface area contributed by atoms with Crippen LogP contribution in [0.25, 0.3) is 76.5 Å². The van der Waals surface area contributed by atoms with Crippen molar-refractivity contribution >= 4 is 43.1 Å². The van der Waals surface area contributed by atoms with E-state index in [1.807, 2.05) is 60.7 Å². The summed E-state index contributed by atoms with van der Waals surface area (Å²) in [6.45, 7) is 0. The van der Waals surface area contributed by atoms with Crippen molar-refractivity contribution in [2.24, 2.45) is 0 Å². The van der Waals surface area contributed by atoms with Gasteiger partial charge in [-0.05, 0) is 82.5 Å². The van der Waals surface area contributed by atoms with E-state index in [2.05, 4.69) is 30.3 Å². The average molecular weight is 518 g/mol. The van der Waals surface area contributed by atoms with Crippen molar-refractivity contribution in [1.82, 2.24) is 0 Å². The zero-order valence-corrected chi connectivity index (χ0v) is 21.2. The molecule has 0 saturated carbocycles. The lowest BCUT2D eigenvalue weighted by Crippen LogP contribution is -1.91. The van der Waals surface area contributed by atoms with Crippen LogP contribution < -0.4 is 0 Å². The zero-order chi connectivity index (χ0) is 36.0. The van der Waals surface area contributed by atoms with Gasteiger partial charge in [0.05, 0.1) is 15.1 Å². The third kappa shape index (κ3) is 3.61. The number of hydrogen-bond acceptors (Lipinski definition) is 0. The Bertz CT molecular complexity index is 2730. The van der Waals surface area contributed by atoms with Crippen LogP contribution in [-0.2, 0) is 0 Å². The van der Waals surface area contributed by atoms with E-state index in [1.54, 1.807) is 0 Å². The molecule has 0 unspecified atom stereocenters. The first kappa shape index (κ1) is 14.3. The zero-order valence-electron chi connectivity index (χ0n) is 32.2. The minimum Gasteiger partial charge on any atom is -0.0616 e. The summed E-state index contributed by atoms with van der Waals surface area (Å²) in [4.78, 5) is 0. The Morgan fingerprint density at radius 3 is 1.60 bits per heavy atom. The van der Waals surface area contributed by atoms with Crippen LogP contribution in [0.1, 0.15) is 15.1 Å². The van der Waals surface area contributed by atoms with E-state index in [9.17, 15) is 5.48 Å². The lowest BCUT2D eigenvalue weighted by Gasteiger charge is -2.18. The smallest absolute Gasteiger partial charge is 0.0616 e. The van der Waals surface area contributed by atoms with Crippen LogP contribution in [0.3, 0.4) is 0 Å². The highest BCUT2D eigenvalue weighted by atomic mass is 14.2. The number of benzene rings is 8. The molecule has 8 rings (SSSR count). The van der Waals surface area contributed by atoms with Gasteiger partial charge in [0.2, 0.25) is 0 Å². The summed E-state index contributed by atoms with van der Waals surface area (Å²) in [6.07, 6.45) is 0. The summed E-state index contributed by atoms with van der Waals surface area (Å²) < 4.78 is 96.7. The van der Waals surface area contributed by atoms with Gasteiger partial charge in [-0.3, -0.25) is 0 Å². The van der Waals surface area contributed by atoms with Gasteiger partial charge in [0.25, 0.3) is 0 Å². The molecule has 0 aromatic heterocycles. The maximum Gasteiger partial charge on any atom is 0.0629 e. The molecule has 0 atom stereocenters. The Labute approximate surface area is 249 Å². The van der Waals surface area contributed by atoms with Crippen molar-refractivity contribution in [3.05, 3.63) is 157 Å². The van der Waals surface area contributed by atoms with Crippen LogP contribution in [0.15, 0.2) is 157 Å². The average Bonchev–Trinajstić information content (AvgIpc) is 3.14. The van der Waals surface area contributed by atoms with E-state index >= 15 is 0 Å². The quantitative estimate of drug-likeness (QED) is 0.204. The second-order valence-corrected chi connectivity index (χ2v) is 9.65. The first-order valence-electron chi connectivity index (χ1n) is 18.5. The topological polar surface area (TPSA) is 0 Å². The largest absolute Gasteiger partial charge is 0.0629 e. The molecule has 0 spiro atoms. The number of fused-ring (bicyclic) bond motifs is 4. The number of rotatable bonds is 3. The van der Waals surface area contributed by atoms with Gasteiger partial charge in [0.15, 0.2) is 0 Å². The van der Waals surface area contributed by atoms with Gasteiger partial charge >= 0.3 is 0 Å². The molecular formula is C40H26. The maximum absolute atomic E-state index is 9.38. The van der Waals surface area contributed by atoms with Crippen molar-refractivity contribution in [3.8, 4) is 33.4 Å². The van der Waals surface area contributed by atoms with E-state index in [4.69, 9.17) is 9.60 Å². The molecule has 186 valence electrons. The fraction of sp³-hybridized carbons (Fsp3) is 0. The highest BCUT2D eigenvalue weighted by Gasteiger charge is 2.17. The molecule has 0 aliphatic heterocycles. The number of hydrogen-bond donors (Lipinski definition) is 0. The third-order valence-electron chi connectivity index (χ3n) is 7.41. The molecule has 0 nitrogen and oxygen atoms in total. The lowest BCUT2D eigenvalue weighted by atomic mass is 9.85. The van der Waals surface area contributed by atoms with Crippen LogP contribution >= 0.6 is 0 Å². The molecule has 8 aromatic carbocycles.